The predicted molar refractivity (Wildman–Crippen MR) is 126 cm³/mol. The molecule has 0 heterocycles. The van der Waals surface area contributed by atoms with Crippen LogP contribution in [0, 0.1) is 13.8 Å². The predicted octanol–water partition coefficient (Wildman–Crippen LogP) is 8.04. The van der Waals surface area contributed by atoms with Crippen LogP contribution in [0.25, 0.3) is 0 Å². The summed E-state index contributed by atoms with van der Waals surface area (Å²) in [6, 6.07) is 0. The molecule has 0 rings (SSSR count). The standard InChI is InChI=1S/C8H18O.2C8H17.H2O2.H2O.O.Ti/c1-2-3-4-5-6-7-8-9;2*1-3-5-7-8-6-4-2;1-2;;;/h9H,2-8H2,1H3;2*1,3-8H2,2H3;1-2H;1H2;;/q;2*-1;;;;+1/p-1. The van der Waals surface area contributed by atoms with Crippen molar-refractivity contribution in [2.24, 2.45) is 0 Å². The van der Waals surface area contributed by atoms with Gasteiger partial charge in [0.25, 0.3) is 0 Å². The molecule has 0 aliphatic rings. The van der Waals surface area contributed by atoms with Crippen molar-refractivity contribution < 1.29 is 42.1 Å². The molecule has 0 unspecified atom stereocenters. The summed E-state index contributed by atoms with van der Waals surface area (Å²) in [4.78, 5) is 0. The Morgan fingerprint density at radius 1 is 0.567 bits per heavy atom. The molecule has 0 aromatic heterocycles. The summed E-state index contributed by atoms with van der Waals surface area (Å²) < 4.78 is 15.8. The van der Waals surface area contributed by atoms with Gasteiger partial charge < -0.3 is 19.0 Å². The molecule has 0 spiro atoms. The minimum atomic E-state index is -1.75. The summed E-state index contributed by atoms with van der Waals surface area (Å²) in [7, 11) is 0. The van der Waals surface area contributed by atoms with Gasteiger partial charge in [0, 0.05) is 6.61 Å². The Hall–Kier alpha value is 0.354. The van der Waals surface area contributed by atoms with Gasteiger partial charge in [-0.25, -0.2) is 0 Å². The molecule has 30 heavy (non-hydrogen) atoms. The van der Waals surface area contributed by atoms with Crippen molar-refractivity contribution in [2.75, 3.05) is 6.61 Å². The van der Waals surface area contributed by atoms with Gasteiger partial charge in [0.05, 0.1) is 0 Å². The Bertz CT molecular complexity index is 190. The van der Waals surface area contributed by atoms with E-state index in [0.29, 0.717) is 6.61 Å². The molecule has 0 fully saturated rings. The molecule has 0 bridgehead atoms. The SMILES string of the molecule is CCCCCCCCO.OO.[CH2-]CCCCCCC.[CH2-]CCCCCCC.[O]=[Ti][OH]. The average molecular weight is 472 g/mol. The molecule has 0 atom stereocenters. The van der Waals surface area contributed by atoms with Crippen LogP contribution in [0.15, 0.2) is 0 Å². The fourth-order valence-electron chi connectivity index (χ4n) is 2.45. The van der Waals surface area contributed by atoms with E-state index in [4.69, 9.17) is 22.6 Å². The first-order valence-electron chi connectivity index (χ1n) is 12.1. The van der Waals surface area contributed by atoms with Gasteiger partial charge in [0.1, 0.15) is 0 Å². The first-order valence-corrected chi connectivity index (χ1v) is 13.4. The maximum atomic E-state index is 8.61. The summed E-state index contributed by atoms with van der Waals surface area (Å²) >= 11 is -1.75. The topological polar surface area (TPSA) is 98.0 Å². The number of rotatable bonds is 16. The molecule has 6 heteroatoms. The van der Waals surface area contributed by atoms with Crippen LogP contribution < -0.4 is 0 Å². The van der Waals surface area contributed by atoms with Crippen LogP contribution in [-0.2, 0) is 22.8 Å². The molecule has 0 aromatic rings. The van der Waals surface area contributed by atoms with Gasteiger partial charge in [-0.1, -0.05) is 117 Å². The maximum absolute atomic E-state index is 8.61. The number of unbranched alkanes of at least 4 members (excludes halogenated alkanes) is 15. The van der Waals surface area contributed by atoms with Crippen molar-refractivity contribution in [3.63, 3.8) is 0 Å². The Morgan fingerprint density at radius 2 is 0.800 bits per heavy atom. The monoisotopic (exact) mass is 471 g/mol. The Kier molecular flexibility index (Phi) is 77.3. The Balaban J connectivity index is -0.0000000939. The number of aliphatic hydroxyl groups excluding tert-OH is 1. The zero-order valence-electron chi connectivity index (χ0n) is 20.5. The molecule has 5 nitrogen and oxygen atoms in total. The van der Waals surface area contributed by atoms with E-state index in [9.17, 15) is 0 Å². The molecule has 0 amide bonds. The van der Waals surface area contributed by atoms with Gasteiger partial charge in [-0.3, -0.25) is 10.5 Å². The van der Waals surface area contributed by atoms with Crippen LogP contribution in [0.1, 0.15) is 136 Å². The molecule has 187 valence electrons. The van der Waals surface area contributed by atoms with Gasteiger partial charge in [-0.2, -0.15) is 12.8 Å². The van der Waals surface area contributed by atoms with Crippen LogP contribution in [0.2, 0.25) is 0 Å². The van der Waals surface area contributed by atoms with Crippen LogP contribution >= 0.6 is 0 Å². The quantitative estimate of drug-likeness (QED) is 0.0600. The third-order valence-electron chi connectivity index (χ3n) is 4.22. The van der Waals surface area contributed by atoms with Crippen molar-refractivity contribution in [1.82, 2.24) is 0 Å². The third-order valence-corrected chi connectivity index (χ3v) is 4.22. The van der Waals surface area contributed by atoms with Crippen LogP contribution in [-0.4, -0.2) is 25.9 Å². The second-order valence-electron chi connectivity index (χ2n) is 7.12. The van der Waals surface area contributed by atoms with Crippen LogP contribution in [0.3, 0.4) is 0 Å². The molecule has 0 aromatic carbocycles. The average Bonchev–Trinajstić information content (AvgIpc) is 2.77. The van der Waals surface area contributed by atoms with Gasteiger partial charge in [-0.05, 0) is 6.42 Å². The fraction of sp³-hybridized carbons (Fsp3) is 0.917. The molecular weight excluding hydrogens is 416 g/mol. The third kappa shape index (κ3) is 79.3. The normalized spacial score (nSPS) is 8.70. The fourth-order valence-corrected chi connectivity index (χ4v) is 2.45. The number of aliphatic hydroxyl groups is 1. The van der Waals surface area contributed by atoms with Crippen molar-refractivity contribution in [2.45, 2.75) is 136 Å². The van der Waals surface area contributed by atoms with E-state index in [-0.39, 0.29) is 0 Å². The van der Waals surface area contributed by atoms with Crippen molar-refractivity contribution >= 4 is 0 Å². The molecule has 0 aliphatic heterocycles. The summed E-state index contributed by atoms with van der Waals surface area (Å²) in [5.74, 6) is 0. The van der Waals surface area contributed by atoms with Crippen LogP contribution in [0.5, 0.6) is 0 Å². The molecule has 0 aliphatic carbocycles. The number of hydrogen-bond acceptors (Lipinski definition) is 4. The Morgan fingerprint density at radius 3 is 1.03 bits per heavy atom. The molecule has 0 saturated heterocycles. The first kappa shape index (κ1) is 40.7. The van der Waals surface area contributed by atoms with Crippen LogP contribution in [0.4, 0.5) is 0 Å². The summed E-state index contributed by atoms with van der Waals surface area (Å²) in [5.41, 5.74) is 0. The van der Waals surface area contributed by atoms with Crippen molar-refractivity contribution in [3.05, 3.63) is 13.8 Å². The second-order valence-corrected chi connectivity index (χ2v) is 7.40. The summed E-state index contributed by atoms with van der Waals surface area (Å²) in [5, 5.41) is 20.4. The van der Waals surface area contributed by atoms with E-state index in [1.165, 1.54) is 96.3 Å². The van der Waals surface area contributed by atoms with E-state index in [1.807, 2.05) is 0 Å². The Labute approximate surface area is 198 Å². The van der Waals surface area contributed by atoms with E-state index in [2.05, 4.69) is 34.6 Å². The van der Waals surface area contributed by atoms with E-state index >= 15 is 0 Å². The zero-order chi connectivity index (χ0) is 24.1. The van der Waals surface area contributed by atoms with E-state index < -0.39 is 19.5 Å². The molecular formula is C24H55O5Ti-2. The van der Waals surface area contributed by atoms with Crippen molar-refractivity contribution in [1.29, 1.82) is 0 Å². The van der Waals surface area contributed by atoms with E-state index in [1.54, 1.807) is 0 Å². The van der Waals surface area contributed by atoms with Gasteiger partial charge in [-0.15, -0.1) is 0 Å². The molecule has 4 N–H and O–H groups in total. The minimum absolute atomic E-state index is 0.367. The van der Waals surface area contributed by atoms with Gasteiger partial charge >= 0.3 is 26.5 Å². The summed E-state index contributed by atoms with van der Waals surface area (Å²) in [6.45, 7) is 14.6. The zero-order valence-corrected chi connectivity index (χ0v) is 22.1. The molecule has 0 radical (unpaired) electrons. The van der Waals surface area contributed by atoms with E-state index in [0.717, 1.165) is 19.3 Å². The van der Waals surface area contributed by atoms with Gasteiger partial charge in [0.15, 0.2) is 0 Å². The van der Waals surface area contributed by atoms with Gasteiger partial charge in [0.2, 0.25) is 0 Å². The molecule has 0 saturated carbocycles. The van der Waals surface area contributed by atoms with Crippen molar-refractivity contribution in [3.8, 4) is 0 Å². The second kappa shape index (κ2) is 57.0. The summed E-state index contributed by atoms with van der Waals surface area (Å²) in [6.07, 6.45) is 23.4. The first-order chi connectivity index (χ1) is 14.7. The number of hydrogen-bond donors (Lipinski definition) is 4.